The van der Waals surface area contributed by atoms with Crippen molar-refractivity contribution in [3.8, 4) is 5.75 Å². The van der Waals surface area contributed by atoms with E-state index in [1.807, 2.05) is 19.9 Å². The molecule has 1 atom stereocenters. The number of aryl methyl sites for hydroxylation is 2. The zero-order chi connectivity index (χ0) is 19.2. The molecule has 0 heterocycles. The Morgan fingerprint density at radius 1 is 1.00 bits per heavy atom. The van der Waals surface area contributed by atoms with Crippen LogP contribution >= 0.6 is 0 Å². The SMILES string of the molecule is CCOc1ccc(NC(=O)C(=O)NC(C)c2ccc3c(c2)CCCC3)cc1. The van der Waals surface area contributed by atoms with E-state index < -0.39 is 11.8 Å². The van der Waals surface area contributed by atoms with Crippen LogP contribution in [-0.4, -0.2) is 18.4 Å². The van der Waals surface area contributed by atoms with Gasteiger partial charge in [-0.25, -0.2) is 0 Å². The highest BCUT2D eigenvalue weighted by molar-refractivity contribution is 6.39. The maximum atomic E-state index is 12.2. The zero-order valence-electron chi connectivity index (χ0n) is 15.9. The Balaban J connectivity index is 1.58. The van der Waals surface area contributed by atoms with E-state index in [0.717, 1.165) is 24.2 Å². The number of carbonyl (C=O) groups is 2. The van der Waals surface area contributed by atoms with Gasteiger partial charge in [-0.1, -0.05) is 18.2 Å². The number of nitrogens with one attached hydrogen (secondary N) is 2. The third-order valence-electron chi connectivity index (χ3n) is 4.85. The van der Waals surface area contributed by atoms with E-state index in [0.29, 0.717) is 12.3 Å². The van der Waals surface area contributed by atoms with Gasteiger partial charge in [0.15, 0.2) is 0 Å². The van der Waals surface area contributed by atoms with Crippen molar-refractivity contribution in [1.29, 1.82) is 0 Å². The minimum Gasteiger partial charge on any atom is -0.494 e. The summed E-state index contributed by atoms with van der Waals surface area (Å²) in [6.07, 6.45) is 4.66. The highest BCUT2D eigenvalue weighted by Crippen LogP contribution is 2.24. The van der Waals surface area contributed by atoms with Crippen molar-refractivity contribution in [3.05, 3.63) is 59.2 Å². The molecule has 27 heavy (non-hydrogen) atoms. The lowest BCUT2D eigenvalue weighted by Crippen LogP contribution is -2.37. The maximum absolute atomic E-state index is 12.2. The van der Waals surface area contributed by atoms with Crippen LogP contribution in [0.2, 0.25) is 0 Å². The monoisotopic (exact) mass is 366 g/mol. The second-order valence-corrected chi connectivity index (χ2v) is 6.84. The average molecular weight is 366 g/mol. The Morgan fingerprint density at radius 2 is 1.70 bits per heavy atom. The van der Waals surface area contributed by atoms with Crippen LogP contribution in [0.5, 0.6) is 5.75 Å². The topological polar surface area (TPSA) is 67.4 Å². The van der Waals surface area contributed by atoms with Gasteiger partial charge < -0.3 is 15.4 Å². The summed E-state index contributed by atoms with van der Waals surface area (Å²) in [4.78, 5) is 24.4. The summed E-state index contributed by atoms with van der Waals surface area (Å²) in [5.74, 6) is -0.598. The molecule has 2 N–H and O–H groups in total. The number of carbonyl (C=O) groups excluding carboxylic acids is 2. The standard InChI is InChI=1S/C22H26N2O3/c1-3-27-20-12-10-19(11-13-20)24-22(26)21(25)23-15(2)17-9-8-16-6-4-5-7-18(16)14-17/h8-15H,3-7H2,1-2H3,(H,23,25)(H,24,26). The number of fused-ring (bicyclic) bond motifs is 1. The van der Waals surface area contributed by atoms with Crippen molar-refractivity contribution in [3.63, 3.8) is 0 Å². The van der Waals surface area contributed by atoms with E-state index in [-0.39, 0.29) is 6.04 Å². The molecule has 1 aliphatic rings. The second kappa shape index (κ2) is 8.71. The predicted molar refractivity (Wildman–Crippen MR) is 106 cm³/mol. The maximum Gasteiger partial charge on any atom is 0.313 e. The van der Waals surface area contributed by atoms with Gasteiger partial charge in [-0.3, -0.25) is 9.59 Å². The first-order chi connectivity index (χ1) is 13.1. The van der Waals surface area contributed by atoms with Crippen molar-refractivity contribution >= 4 is 17.5 Å². The van der Waals surface area contributed by atoms with E-state index in [9.17, 15) is 9.59 Å². The van der Waals surface area contributed by atoms with Crippen molar-refractivity contribution in [1.82, 2.24) is 5.32 Å². The van der Waals surface area contributed by atoms with Gasteiger partial charge in [-0.2, -0.15) is 0 Å². The molecule has 5 heteroatoms. The third kappa shape index (κ3) is 4.88. The summed E-state index contributed by atoms with van der Waals surface area (Å²) in [6.45, 7) is 4.38. The van der Waals surface area contributed by atoms with Crippen LogP contribution in [0.3, 0.4) is 0 Å². The van der Waals surface area contributed by atoms with Crippen molar-refractivity contribution < 1.29 is 14.3 Å². The number of hydrogen-bond acceptors (Lipinski definition) is 3. The second-order valence-electron chi connectivity index (χ2n) is 6.84. The fraction of sp³-hybridized carbons (Fsp3) is 0.364. The van der Waals surface area contributed by atoms with Crippen LogP contribution in [-0.2, 0) is 22.4 Å². The molecule has 142 valence electrons. The molecular weight excluding hydrogens is 340 g/mol. The summed E-state index contributed by atoms with van der Waals surface area (Å²) in [5.41, 5.74) is 4.34. The molecule has 2 aromatic carbocycles. The van der Waals surface area contributed by atoms with E-state index in [4.69, 9.17) is 4.74 Å². The van der Waals surface area contributed by atoms with Gasteiger partial charge in [0.25, 0.3) is 0 Å². The van der Waals surface area contributed by atoms with E-state index >= 15 is 0 Å². The molecule has 0 fully saturated rings. The van der Waals surface area contributed by atoms with Gasteiger partial charge in [0.2, 0.25) is 0 Å². The summed E-state index contributed by atoms with van der Waals surface area (Å²) < 4.78 is 5.36. The minimum atomic E-state index is -0.677. The Hall–Kier alpha value is -2.82. The van der Waals surface area contributed by atoms with E-state index in [2.05, 4.69) is 22.8 Å². The highest BCUT2D eigenvalue weighted by atomic mass is 16.5. The number of hydrogen-bond donors (Lipinski definition) is 2. The van der Waals surface area contributed by atoms with Gasteiger partial charge in [-0.05, 0) is 80.5 Å². The first-order valence-corrected chi connectivity index (χ1v) is 9.53. The first-order valence-electron chi connectivity index (χ1n) is 9.53. The fourth-order valence-electron chi connectivity index (χ4n) is 3.36. The van der Waals surface area contributed by atoms with Crippen molar-refractivity contribution in [2.24, 2.45) is 0 Å². The predicted octanol–water partition coefficient (Wildman–Crippen LogP) is 3.78. The van der Waals surface area contributed by atoms with Gasteiger partial charge in [0.05, 0.1) is 12.6 Å². The normalized spacial score (nSPS) is 14.0. The average Bonchev–Trinajstić information content (AvgIpc) is 2.69. The molecule has 2 aromatic rings. The summed E-state index contributed by atoms with van der Waals surface area (Å²) >= 11 is 0. The lowest BCUT2D eigenvalue weighted by molar-refractivity contribution is -0.136. The lowest BCUT2D eigenvalue weighted by Gasteiger charge is -2.20. The molecule has 2 amide bonds. The van der Waals surface area contributed by atoms with Gasteiger partial charge in [0, 0.05) is 5.69 Å². The quantitative estimate of drug-likeness (QED) is 0.792. The fourth-order valence-corrected chi connectivity index (χ4v) is 3.36. The van der Waals surface area contributed by atoms with Crippen molar-refractivity contribution in [2.75, 3.05) is 11.9 Å². The largest absolute Gasteiger partial charge is 0.494 e. The molecule has 0 spiro atoms. The number of rotatable bonds is 5. The number of amides is 2. The summed E-state index contributed by atoms with van der Waals surface area (Å²) in [5, 5.41) is 5.39. The smallest absolute Gasteiger partial charge is 0.313 e. The molecule has 0 saturated heterocycles. The van der Waals surface area contributed by atoms with Gasteiger partial charge >= 0.3 is 11.8 Å². The van der Waals surface area contributed by atoms with Crippen molar-refractivity contribution in [2.45, 2.75) is 45.6 Å². The Kier molecular flexibility index (Phi) is 6.12. The highest BCUT2D eigenvalue weighted by Gasteiger charge is 2.18. The Morgan fingerprint density at radius 3 is 2.41 bits per heavy atom. The van der Waals surface area contributed by atoms with Gasteiger partial charge in [-0.15, -0.1) is 0 Å². The van der Waals surface area contributed by atoms with E-state index in [1.54, 1.807) is 24.3 Å². The number of anilines is 1. The molecule has 0 radical (unpaired) electrons. The van der Waals surface area contributed by atoms with E-state index in [1.165, 1.54) is 24.0 Å². The molecule has 0 aliphatic heterocycles. The van der Waals surface area contributed by atoms with Crippen LogP contribution in [0.1, 0.15) is 49.4 Å². The molecule has 5 nitrogen and oxygen atoms in total. The molecular formula is C22H26N2O3. The van der Waals surface area contributed by atoms with Crippen LogP contribution in [0, 0.1) is 0 Å². The Bertz CT molecular complexity index is 815. The first kappa shape index (κ1) is 19.0. The van der Waals surface area contributed by atoms with Gasteiger partial charge in [0.1, 0.15) is 5.75 Å². The lowest BCUT2D eigenvalue weighted by atomic mass is 9.89. The molecule has 1 unspecified atom stereocenters. The molecule has 1 aliphatic carbocycles. The Labute approximate surface area is 160 Å². The zero-order valence-corrected chi connectivity index (χ0v) is 15.9. The van der Waals surface area contributed by atoms with Crippen LogP contribution < -0.4 is 15.4 Å². The molecule has 0 bridgehead atoms. The number of ether oxygens (including phenoxy) is 1. The molecule has 0 aromatic heterocycles. The summed E-state index contributed by atoms with van der Waals surface area (Å²) in [6, 6.07) is 13.1. The third-order valence-corrected chi connectivity index (χ3v) is 4.85. The van der Waals surface area contributed by atoms with Crippen LogP contribution in [0.4, 0.5) is 5.69 Å². The summed E-state index contributed by atoms with van der Waals surface area (Å²) in [7, 11) is 0. The van der Waals surface area contributed by atoms with Crippen LogP contribution in [0.25, 0.3) is 0 Å². The number of benzene rings is 2. The molecule has 0 saturated carbocycles. The minimum absolute atomic E-state index is 0.226. The molecule has 3 rings (SSSR count). The van der Waals surface area contributed by atoms with Crippen LogP contribution in [0.15, 0.2) is 42.5 Å².